The maximum absolute atomic E-state index is 13.4. The second-order valence-electron chi connectivity index (χ2n) is 5.78. The van der Waals surface area contributed by atoms with E-state index in [0.29, 0.717) is 47.1 Å². The summed E-state index contributed by atoms with van der Waals surface area (Å²) in [5.41, 5.74) is 0.921. The Balaban J connectivity index is 1.82. The van der Waals surface area contributed by atoms with Crippen LogP contribution >= 0.6 is 11.6 Å². The highest BCUT2D eigenvalue weighted by molar-refractivity contribution is 6.30. The molecule has 0 spiro atoms. The predicted octanol–water partition coefficient (Wildman–Crippen LogP) is 3.59. The fourth-order valence-corrected chi connectivity index (χ4v) is 2.58. The van der Waals surface area contributed by atoms with E-state index in [-0.39, 0.29) is 11.8 Å². The van der Waals surface area contributed by atoms with Crippen LogP contribution in [0.15, 0.2) is 47.5 Å². The fraction of sp³-hybridized carbons (Fsp3) is 0.211. The van der Waals surface area contributed by atoms with Crippen LogP contribution in [0.4, 0.5) is 10.2 Å². The summed E-state index contributed by atoms with van der Waals surface area (Å²) in [5, 5.41) is 14.1. The number of nitrogens with one attached hydrogen (secondary N) is 3. The number of aromatic nitrogens is 2. The molecule has 28 heavy (non-hydrogen) atoms. The molecule has 3 N–H and O–H groups in total. The van der Waals surface area contributed by atoms with Gasteiger partial charge in [-0.3, -0.25) is 9.89 Å². The van der Waals surface area contributed by atoms with Gasteiger partial charge >= 0.3 is 0 Å². The van der Waals surface area contributed by atoms with Gasteiger partial charge in [-0.2, -0.15) is 10.1 Å². The maximum Gasteiger partial charge on any atom is 0.280 e. The van der Waals surface area contributed by atoms with Crippen LogP contribution in [0.3, 0.4) is 0 Å². The molecule has 9 heteroatoms. The summed E-state index contributed by atoms with van der Waals surface area (Å²) in [5.74, 6) is -0.197. The number of halogens is 2. The van der Waals surface area contributed by atoms with Gasteiger partial charge in [0.15, 0.2) is 5.82 Å². The molecule has 0 aliphatic rings. The molecule has 3 rings (SSSR count). The second kappa shape index (κ2) is 9.29. The molecule has 0 saturated heterocycles. The van der Waals surface area contributed by atoms with Gasteiger partial charge in [0.1, 0.15) is 5.82 Å². The summed E-state index contributed by atoms with van der Waals surface area (Å²) in [6.07, 6.45) is 0. The molecule has 1 amide bonds. The molecule has 0 fully saturated rings. The van der Waals surface area contributed by atoms with E-state index in [0.717, 1.165) is 0 Å². The monoisotopic (exact) mass is 403 g/mol. The van der Waals surface area contributed by atoms with E-state index < -0.39 is 5.91 Å². The Bertz CT molecular complexity index is 988. The Hall–Kier alpha value is -2.97. The number of H-pyrrole nitrogens is 1. The summed E-state index contributed by atoms with van der Waals surface area (Å²) in [6.45, 7) is 3.36. The summed E-state index contributed by atoms with van der Waals surface area (Å²) < 4.78 is 18.7. The molecule has 0 aliphatic heterocycles. The number of fused-ring (bicyclic) bond motifs is 1. The van der Waals surface area contributed by atoms with Crippen molar-refractivity contribution < 1.29 is 13.9 Å². The molecule has 0 aliphatic carbocycles. The highest BCUT2D eigenvalue weighted by Crippen LogP contribution is 2.21. The normalized spacial score (nSPS) is 11.6. The summed E-state index contributed by atoms with van der Waals surface area (Å²) in [4.78, 5) is 16.6. The molecule has 3 aromatic rings. The number of benzene rings is 2. The van der Waals surface area contributed by atoms with Crippen molar-refractivity contribution in [2.24, 2.45) is 4.99 Å². The highest BCUT2D eigenvalue weighted by atomic mass is 35.5. The van der Waals surface area contributed by atoms with E-state index >= 15 is 0 Å². The molecule has 0 saturated carbocycles. The Morgan fingerprint density at radius 1 is 1.29 bits per heavy atom. The van der Waals surface area contributed by atoms with Crippen molar-refractivity contribution in [3.05, 3.63) is 58.9 Å². The lowest BCUT2D eigenvalue weighted by Crippen LogP contribution is -2.34. The SMILES string of the molecule is CCOCCN/C(=N/C(=O)c1ccc(Cl)cc1)Nc1n[nH]c2cc(F)ccc12. The number of amides is 1. The highest BCUT2D eigenvalue weighted by Gasteiger charge is 2.11. The second-order valence-corrected chi connectivity index (χ2v) is 6.22. The smallest absolute Gasteiger partial charge is 0.280 e. The largest absolute Gasteiger partial charge is 0.380 e. The van der Waals surface area contributed by atoms with Gasteiger partial charge in [0.25, 0.3) is 5.91 Å². The van der Waals surface area contributed by atoms with Crippen molar-refractivity contribution in [1.82, 2.24) is 15.5 Å². The molecule has 7 nitrogen and oxygen atoms in total. The number of hydrogen-bond acceptors (Lipinski definition) is 3. The third-order valence-electron chi connectivity index (χ3n) is 3.81. The number of carbonyl (C=O) groups is 1. The lowest BCUT2D eigenvalue weighted by atomic mass is 10.2. The number of guanidine groups is 1. The zero-order valence-electron chi connectivity index (χ0n) is 15.1. The Kier molecular flexibility index (Phi) is 6.57. The first kappa shape index (κ1) is 19.8. The van der Waals surface area contributed by atoms with Crippen LogP contribution in [0.1, 0.15) is 17.3 Å². The summed E-state index contributed by atoms with van der Waals surface area (Å²) in [6, 6.07) is 10.7. The quantitative estimate of drug-likeness (QED) is 0.332. The molecule has 0 radical (unpaired) electrons. The van der Waals surface area contributed by atoms with Crippen molar-refractivity contribution in [1.29, 1.82) is 0 Å². The van der Waals surface area contributed by atoms with Crippen molar-refractivity contribution in [2.75, 3.05) is 25.1 Å². The third kappa shape index (κ3) is 5.05. The number of anilines is 1. The maximum atomic E-state index is 13.4. The number of hydrogen-bond donors (Lipinski definition) is 3. The van der Waals surface area contributed by atoms with Crippen LogP contribution in [0.2, 0.25) is 5.02 Å². The molecule has 146 valence electrons. The number of rotatable bonds is 6. The lowest BCUT2D eigenvalue weighted by Gasteiger charge is -2.11. The summed E-state index contributed by atoms with van der Waals surface area (Å²) >= 11 is 5.86. The molecule has 1 heterocycles. The minimum Gasteiger partial charge on any atom is -0.380 e. The number of aliphatic imine (C=N–C) groups is 1. The lowest BCUT2D eigenvalue weighted by molar-refractivity contribution is 0.100. The number of carbonyl (C=O) groups excluding carboxylic acids is 1. The number of ether oxygens (including phenoxy) is 1. The summed E-state index contributed by atoms with van der Waals surface area (Å²) in [7, 11) is 0. The van der Waals surface area contributed by atoms with Crippen LogP contribution in [-0.2, 0) is 4.74 Å². The average molecular weight is 404 g/mol. The molecule has 0 bridgehead atoms. The molecular weight excluding hydrogens is 385 g/mol. The van der Waals surface area contributed by atoms with Crippen molar-refractivity contribution in [3.63, 3.8) is 0 Å². The average Bonchev–Trinajstić information content (AvgIpc) is 3.07. The van der Waals surface area contributed by atoms with Gasteiger partial charge < -0.3 is 15.4 Å². The first-order chi connectivity index (χ1) is 13.6. The molecule has 0 atom stereocenters. The van der Waals surface area contributed by atoms with Crippen LogP contribution in [0.25, 0.3) is 10.9 Å². The minimum absolute atomic E-state index is 0.206. The van der Waals surface area contributed by atoms with Crippen molar-refractivity contribution >= 4 is 40.2 Å². The zero-order valence-corrected chi connectivity index (χ0v) is 15.9. The predicted molar refractivity (Wildman–Crippen MR) is 107 cm³/mol. The van der Waals surface area contributed by atoms with E-state index in [4.69, 9.17) is 16.3 Å². The van der Waals surface area contributed by atoms with Gasteiger partial charge in [-0.15, -0.1) is 0 Å². The van der Waals surface area contributed by atoms with E-state index in [2.05, 4.69) is 25.8 Å². The number of nitrogens with zero attached hydrogens (tertiary/aromatic N) is 2. The first-order valence-electron chi connectivity index (χ1n) is 8.67. The molecular formula is C19H19ClFN5O2. The van der Waals surface area contributed by atoms with Crippen molar-refractivity contribution in [2.45, 2.75) is 6.92 Å². The van der Waals surface area contributed by atoms with Crippen LogP contribution in [-0.4, -0.2) is 41.8 Å². The third-order valence-corrected chi connectivity index (χ3v) is 4.06. The zero-order chi connectivity index (χ0) is 19.9. The van der Waals surface area contributed by atoms with Gasteiger partial charge in [-0.1, -0.05) is 11.6 Å². The molecule has 2 aromatic carbocycles. The standard InChI is InChI=1S/C19H19ClFN5O2/c1-2-28-10-9-22-19(24-18(27)12-3-5-13(20)6-4-12)23-17-15-8-7-14(21)11-16(15)25-26-17/h3-8,11H,2,9-10H2,1H3,(H3,22,23,24,25,26,27). The van der Waals surface area contributed by atoms with Crippen LogP contribution in [0.5, 0.6) is 0 Å². The van der Waals surface area contributed by atoms with E-state index in [1.165, 1.54) is 12.1 Å². The topological polar surface area (TPSA) is 91.4 Å². The minimum atomic E-state index is -0.450. The van der Waals surface area contributed by atoms with Crippen molar-refractivity contribution in [3.8, 4) is 0 Å². The van der Waals surface area contributed by atoms with Crippen LogP contribution in [0, 0.1) is 5.82 Å². The molecule has 0 unspecified atom stereocenters. The number of aromatic amines is 1. The fourth-order valence-electron chi connectivity index (χ4n) is 2.46. The van der Waals surface area contributed by atoms with Gasteiger partial charge in [0.05, 0.1) is 12.1 Å². The molecule has 1 aromatic heterocycles. The van der Waals surface area contributed by atoms with Gasteiger partial charge in [-0.05, 0) is 49.4 Å². The van der Waals surface area contributed by atoms with Gasteiger partial charge in [0.2, 0.25) is 5.96 Å². The van der Waals surface area contributed by atoms with Gasteiger partial charge in [-0.25, -0.2) is 4.39 Å². The van der Waals surface area contributed by atoms with E-state index in [1.54, 1.807) is 30.3 Å². The van der Waals surface area contributed by atoms with Gasteiger partial charge in [0, 0.05) is 29.1 Å². The van der Waals surface area contributed by atoms with E-state index in [1.807, 2.05) is 6.92 Å². The first-order valence-corrected chi connectivity index (χ1v) is 9.05. The van der Waals surface area contributed by atoms with E-state index in [9.17, 15) is 9.18 Å². The Morgan fingerprint density at radius 2 is 2.07 bits per heavy atom. The van der Waals surface area contributed by atoms with Crippen LogP contribution < -0.4 is 10.6 Å². The Labute approximate surface area is 165 Å². The Morgan fingerprint density at radius 3 is 2.82 bits per heavy atom.